The van der Waals surface area contributed by atoms with Crippen molar-refractivity contribution >= 4 is 22.9 Å². The van der Waals surface area contributed by atoms with Crippen molar-refractivity contribution in [1.29, 1.82) is 0 Å². The van der Waals surface area contributed by atoms with E-state index in [2.05, 4.69) is 0 Å². The van der Waals surface area contributed by atoms with Crippen LogP contribution in [0.5, 0.6) is 17.2 Å². The van der Waals surface area contributed by atoms with Crippen LogP contribution in [0.15, 0.2) is 51.7 Å². The van der Waals surface area contributed by atoms with Crippen molar-refractivity contribution in [2.24, 2.45) is 0 Å². The fourth-order valence-corrected chi connectivity index (χ4v) is 5.45. The van der Waals surface area contributed by atoms with Crippen LogP contribution in [-0.2, 0) is 33.3 Å². The fourth-order valence-electron chi connectivity index (χ4n) is 5.45. The van der Waals surface area contributed by atoms with E-state index in [0.29, 0.717) is 11.3 Å². The molecular weight excluding hydrogens is 640 g/mol. The third kappa shape index (κ3) is 7.39. The van der Waals surface area contributed by atoms with Crippen molar-refractivity contribution in [3.05, 3.63) is 52.7 Å². The second-order valence-electron chi connectivity index (χ2n) is 11.3. The molecule has 10 atom stereocenters. The maximum absolute atomic E-state index is 12.9. The molecule has 0 saturated carbocycles. The maximum atomic E-state index is 12.9. The SMILES string of the molecule is COc1ccc(-c2cc(=O)c3c(O)cc(OC4OC(COC5OC(C)C(O)C(OC(C)=O)C5OC(C)=O)C(O)C(O)C4O)cc3o2)cc1. The van der Waals surface area contributed by atoms with Crippen LogP contribution < -0.4 is 14.9 Å². The molecule has 2 aromatic carbocycles. The molecule has 16 heteroatoms. The van der Waals surface area contributed by atoms with E-state index >= 15 is 0 Å². The normalized spacial score (nSPS) is 30.4. The maximum Gasteiger partial charge on any atom is 0.303 e. The second-order valence-corrected chi connectivity index (χ2v) is 11.3. The summed E-state index contributed by atoms with van der Waals surface area (Å²) in [7, 11) is 1.51. The standard InChI is InChI=1S/C32H36O16/c1-13-25(37)29(44-14(2)33)30(45-15(3)34)32(43-13)42-12-23-26(38)27(39)28(40)31(48-23)46-18-9-19(35)24-20(36)11-21(47-22(24)10-18)16-5-7-17(41-4)8-6-16/h5-11,13,23,25-32,35,37-40H,12H2,1-4H3. The fraction of sp³-hybridized carbons (Fsp3) is 0.469. The zero-order valence-electron chi connectivity index (χ0n) is 26.2. The van der Waals surface area contributed by atoms with Gasteiger partial charge in [0.1, 0.15) is 64.5 Å². The first kappa shape index (κ1) is 35.0. The Morgan fingerprint density at radius 1 is 0.812 bits per heavy atom. The molecule has 5 N–H and O–H groups in total. The molecule has 2 fully saturated rings. The van der Waals surface area contributed by atoms with Gasteiger partial charge in [0, 0.05) is 37.6 Å². The first-order chi connectivity index (χ1) is 22.8. The molecular formula is C32H36O16. The van der Waals surface area contributed by atoms with E-state index in [4.69, 9.17) is 37.6 Å². The van der Waals surface area contributed by atoms with Crippen molar-refractivity contribution in [1.82, 2.24) is 0 Å². The number of hydrogen-bond donors (Lipinski definition) is 5. The number of methoxy groups -OCH3 is 1. The predicted octanol–water partition coefficient (Wildman–Crippen LogP) is 0.346. The number of carbonyl (C=O) groups excluding carboxylic acids is 2. The number of carbonyl (C=O) groups is 2. The molecule has 2 aliphatic rings. The van der Waals surface area contributed by atoms with Gasteiger partial charge in [0.15, 0.2) is 23.9 Å². The van der Waals surface area contributed by atoms with E-state index < -0.39 is 91.1 Å². The first-order valence-corrected chi connectivity index (χ1v) is 14.9. The average molecular weight is 677 g/mol. The Morgan fingerprint density at radius 3 is 2.12 bits per heavy atom. The zero-order valence-corrected chi connectivity index (χ0v) is 26.2. The minimum atomic E-state index is -1.81. The number of rotatable bonds is 9. The lowest BCUT2D eigenvalue weighted by molar-refractivity contribution is -0.320. The largest absolute Gasteiger partial charge is 0.507 e. The summed E-state index contributed by atoms with van der Waals surface area (Å²) in [6.07, 6.45) is -14.8. The minimum Gasteiger partial charge on any atom is -0.507 e. The monoisotopic (exact) mass is 676 g/mol. The summed E-state index contributed by atoms with van der Waals surface area (Å²) in [6.45, 7) is 3.13. The van der Waals surface area contributed by atoms with Crippen molar-refractivity contribution in [2.75, 3.05) is 13.7 Å². The summed E-state index contributed by atoms with van der Waals surface area (Å²) in [5.41, 5.74) is -0.0446. The Balaban J connectivity index is 1.35. The van der Waals surface area contributed by atoms with Gasteiger partial charge in [-0.25, -0.2) is 0 Å². The van der Waals surface area contributed by atoms with E-state index in [-0.39, 0.29) is 22.5 Å². The third-order valence-electron chi connectivity index (χ3n) is 7.87. The summed E-state index contributed by atoms with van der Waals surface area (Å²) in [6, 6.07) is 10.3. The van der Waals surface area contributed by atoms with Crippen LogP contribution in [0.25, 0.3) is 22.3 Å². The van der Waals surface area contributed by atoms with E-state index in [9.17, 15) is 39.9 Å². The molecule has 0 aliphatic carbocycles. The minimum absolute atomic E-state index is 0.0568. The number of phenols is 1. The number of aliphatic hydroxyl groups is 4. The van der Waals surface area contributed by atoms with Gasteiger partial charge in [-0.2, -0.15) is 0 Å². The molecule has 0 amide bonds. The average Bonchev–Trinajstić information content (AvgIpc) is 3.03. The lowest BCUT2D eigenvalue weighted by Crippen LogP contribution is -2.62. The highest BCUT2D eigenvalue weighted by Crippen LogP contribution is 2.34. The van der Waals surface area contributed by atoms with Gasteiger partial charge in [-0.05, 0) is 31.2 Å². The second kappa shape index (κ2) is 14.4. The summed E-state index contributed by atoms with van der Waals surface area (Å²) in [4.78, 5) is 36.4. The molecule has 0 bridgehead atoms. The number of phenolic OH excluding ortho intramolecular Hbond substituents is 1. The summed E-state index contributed by atoms with van der Waals surface area (Å²) < 4.78 is 44.4. The molecule has 48 heavy (non-hydrogen) atoms. The van der Waals surface area contributed by atoms with Crippen molar-refractivity contribution in [2.45, 2.75) is 82.2 Å². The molecule has 5 rings (SSSR count). The molecule has 0 spiro atoms. The Bertz CT molecular complexity index is 1670. The van der Waals surface area contributed by atoms with Gasteiger partial charge in [0.25, 0.3) is 0 Å². The molecule has 1 aromatic heterocycles. The zero-order chi connectivity index (χ0) is 34.9. The van der Waals surface area contributed by atoms with E-state index in [1.807, 2.05) is 0 Å². The summed E-state index contributed by atoms with van der Waals surface area (Å²) >= 11 is 0. The molecule has 16 nitrogen and oxygen atoms in total. The van der Waals surface area contributed by atoms with E-state index in [0.717, 1.165) is 19.9 Å². The predicted molar refractivity (Wildman–Crippen MR) is 161 cm³/mol. The molecule has 260 valence electrons. The van der Waals surface area contributed by atoms with Crippen LogP contribution in [0.4, 0.5) is 0 Å². The van der Waals surface area contributed by atoms with Crippen LogP contribution >= 0.6 is 0 Å². The highest BCUT2D eigenvalue weighted by molar-refractivity contribution is 5.86. The molecule has 3 heterocycles. The Hall–Kier alpha value is -4.29. The van der Waals surface area contributed by atoms with Crippen LogP contribution in [0, 0.1) is 0 Å². The van der Waals surface area contributed by atoms with Crippen LogP contribution in [0.3, 0.4) is 0 Å². The van der Waals surface area contributed by atoms with Gasteiger partial charge in [0.2, 0.25) is 6.29 Å². The van der Waals surface area contributed by atoms with Gasteiger partial charge in [-0.3, -0.25) is 14.4 Å². The molecule has 2 saturated heterocycles. The molecule has 0 radical (unpaired) electrons. The number of aliphatic hydroxyl groups excluding tert-OH is 4. The number of ether oxygens (including phenoxy) is 7. The highest BCUT2D eigenvalue weighted by Gasteiger charge is 2.50. The Labute approximate surface area is 272 Å². The van der Waals surface area contributed by atoms with Crippen molar-refractivity contribution in [3.63, 3.8) is 0 Å². The topological polar surface area (TPSA) is 230 Å². The molecule has 2 aliphatic heterocycles. The molecule has 3 aromatic rings. The lowest BCUT2D eigenvalue weighted by Gasteiger charge is -2.43. The first-order valence-electron chi connectivity index (χ1n) is 14.9. The van der Waals surface area contributed by atoms with Crippen LogP contribution in [0.1, 0.15) is 20.8 Å². The smallest absolute Gasteiger partial charge is 0.303 e. The summed E-state index contributed by atoms with van der Waals surface area (Å²) in [5, 5.41) is 53.1. The van der Waals surface area contributed by atoms with Gasteiger partial charge in [-0.15, -0.1) is 0 Å². The quantitative estimate of drug-likeness (QED) is 0.193. The van der Waals surface area contributed by atoms with Gasteiger partial charge in [-0.1, -0.05) is 0 Å². The van der Waals surface area contributed by atoms with E-state index in [1.54, 1.807) is 24.3 Å². The van der Waals surface area contributed by atoms with Crippen molar-refractivity contribution < 1.29 is 72.7 Å². The highest BCUT2D eigenvalue weighted by atomic mass is 16.7. The van der Waals surface area contributed by atoms with Crippen LogP contribution in [0.2, 0.25) is 0 Å². The number of esters is 2. The molecule has 10 unspecified atom stereocenters. The number of aromatic hydroxyl groups is 1. The Morgan fingerprint density at radius 2 is 1.48 bits per heavy atom. The van der Waals surface area contributed by atoms with Gasteiger partial charge >= 0.3 is 11.9 Å². The van der Waals surface area contributed by atoms with Gasteiger partial charge < -0.3 is 63.1 Å². The van der Waals surface area contributed by atoms with Crippen LogP contribution in [-0.4, -0.2) is 113 Å². The third-order valence-corrected chi connectivity index (χ3v) is 7.87. The lowest BCUT2D eigenvalue weighted by atomic mass is 9.98. The number of benzene rings is 2. The van der Waals surface area contributed by atoms with E-state index in [1.165, 1.54) is 26.2 Å². The number of fused-ring (bicyclic) bond motifs is 1. The van der Waals surface area contributed by atoms with Gasteiger partial charge in [0.05, 0.1) is 19.8 Å². The summed E-state index contributed by atoms with van der Waals surface area (Å²) in [5.74, 6) is -1.39. The number of hydrogen-bond acceptors (Lipinski definition) is 16. The van der Waals surface area contributed by atoms with Crippen molar-refractivity contribution in [3.8, 4) is 28.6 Å². The Kier molecular flexibility index (Phi) is 10.5.